The molecule has 0 atom stereocenters. The van der Waals surface area contributed by atoms with E-state index in [1.54, 1.807) is 4.57 Å². The van der Waals surface area contributed by atoms with Crippen molar-refractivity contribution < 1.29 is 4.79 Å². The van der Waals surface area contributed by atoms with E-state index < -0.39 is 11.3 Å². The Balaban J connectivity index is 1.93. The second-order valence-corrected chi connectivity index (χ2v) is 7.27. The van der Waals surface area contributed by atoms with E-state index in [1.165, 1.54) is 12.6 Å². The van der Waals surface area contributed by atoms with Crippen molar-refractivity contribution in [2.45, 2.75) is 32.7 Å². The highest BCUT2D eigenvalue weighted by atomic mass is 16.2. The van der Waals surface area contributed by atoms with Gasteiger partial charge < -0.3 is 16.0 Å². The number of nitrogens with zero attached hydrogens (tertiary/aromatic N) is 5. The molecule has 1 aliphatic rings. The molecule has 30 heavy (non-hydrogen) atoms. The predicted octanol–water partition coefficient (Wildman–Crippen LogP) is 2.03. The number of carbonyl (C=O) groups is 1. The first-order valence-corrected chi connectivity index (χ1v) is 10.1. The normalized spacial score (nSPS) is 14.7. The van der Waals surface area contributed by atoms with Crippen LogP contribution in [0.25, 0.3) is 11.0 Å². The van der Waals surface area contributed by atoms with Crippen molar-refractivity contribution in [3.63, 3.8) is 0 Å². The molecular formula is C21H25N7O2. The number of nitrogens with two attached hydrogens (primary N) is 2. The maximum Gasteiger partial charge on any atom is 0.256 e. The maximum atomic E-state index is 12.8. The minimum absolute atomic E-state index is 0.0244. The van der Waals surface area contributed by atoms with Crippen molar-refractivity contribution in [1.29, 1.82) is 0 Å². The standard InChI is InChI=1S/C21H25N7O2/c1-2-27-18(22)16(19(23)30)17(29)15-13-24-21(25-20(15)27)28(14-9-5-3-6-10-14)26-11-7-4-8-12-26/h3,5-6,9-10,13H,2,4,7-8,11-12,22H2,1H3,(H2,23,30). The Morgan fingerprint density at radius 3 is 2.50 bits per heavy atom. The summed E-state index contributed by atoms with van der Waals surface area (Å²) in [5.41, 5.74) is 12.1. The van der Waals surface area contributed by atoms with Gasteiger partial charge in [0, 0.05) is 25.8 Å². The van der Waals surface area contributed by atoms with Gasteiger partial charge in [0.25, 0.3) is 5.91 Å². The number of hydrazine groups is 1. The van der Waals surface area contributed by atoms with Crippen LogP contribution in [0.2, 0.25) is 0 Å². The molecule has 1 fully saturated rings. The van der Waals surface area contributed by atoms with Gasteiger partial charge in [-0.3, -0.25) is 9.59 Å². The Bertz CT molecular complexity index is 1140. The number of anilines is 3. The van der Waals surface area contributed by atoms with Crippen molar-refractivity contribution in [2.75, 3.05) is 23.8 Å². The lowest BCUT2D eigenvalue weighted by atomic mass is 10.1. The third-order valence-electron chi connectivity index (χ3n) is 5.40. The summed E-state index contributed by atoms with van der Waals surface area (Å²) in [6.07, 6.45) is 4.83. The fraction of sp³-hybridized carbons (Fsp3) is 0.333. The third-order valence-corrected chi connectivity index (χ3v) is 5.40. The summed E-state index contributed by atoms with van der Waals surface area (Å²) in [4.78, 5) is 33.8. The number of aromatic nitrogens is 3. The number of fused-ring (bicyclic) bond motifs is 1. The first-order valence-electron chi connectivity index (χ1n) is 10.1. The van der Waals surface area contributed by atoms with Gasteiger partial charge in [-0.2, -0.15) is 4.98 Å². The van der Waals surface area contributed by atoms with Gasteiger partial charge in [-0.05, 0) is 31.9 Å². The lowest BCUT2D eigenvalue weighted by molar-refractivity contribution is 0.1000. The molecule has 3 aromatic rings. The average molecular weight is 407 g/mol. The molecule has 2 aromatic heterocycles. The Morgan fingerprint density at radius 1 is 1.17 bits per heavy atom. The largest absolute Gasteiger partial charge is 0.384 e. The first kappa shape index (κ1) is 19.8. The number of nitrogen functional groups attached to an aromatic ring is 1. The Morgan fingerprint density at radius 2 is 1.87 bits per heavy atom. The van der Waals surface area contributed by atoms with E-state index in [0.717, 1.165) is 31.6 Å². The molecular weight excluding hydrogens is 382 g/mol. The van der Waals surface area contributed by atoms with Gasteiger partial charge >= 0.3 is 0 Å². The summed E-state index contributed by atoms with van der Waals surface area (Å²) in [6, 6.07) is 9.89. The number of para-hydroxylation sites is 1. The van der Waals surface area contributed by atoms with Crippen LogP contribution < -0.4 is 21.9 Å². The van der Waals surface area contributed by atoms with E-state index >= 15 is 0 Å². The van der Waals surface area contributed by atoms with Crippen LogP contribution in [0.3, 0.4) is 0 Å². The predicted molar refractivity (Wildman–Crippen MR) is 116 cm³/mol. The minimum Gasteiger partial charge on any atom is -0.384 e. The fourth-order valence-corrected chi connectivity index (χ4v) is 3.94. The highest BCUT2D eigenvalue weighted by molar-refractivity contribution is 6.00. The maximum absolute atomic E-state index is 12.8. The van der Waals surface area contributed by atoms with Gasteiger partial charge in [0.15, 0.2) is 5.65 Å². The lowest BCUT2D eigenvalue weighted by Crippen LogP contribution is -2.43. The quantitative estimate of drug-likeness (QED) is 0.663. The summed E-state index contributed by atoms with van der Waals surface area (Å²) in [6.45, 7) is 4.07. The van der Waals surface area contributed by atoms with Crippen LogP contribution >= 0.6 is 0 Å². The Hall–Kier alpha value is -3.46. The van der Waals surface area contributed by atoms with Crippen molar-refractivity contribution >= 4 is 34.4 Å². The van der Waals surface area contributed by atoms with Gasteiger partial charge in [-0.1, -0.05) is 24.6 Å². The molecule has 0 radical (unpaired) electrons. The molecule has 1 aliphatic heterocycles. The first-order chi connectivity index (χ1) is 14.5. The molecule has 4 N–H and O–H groups in total. The van der Waals surface area contributed by atoms with Gasteiger partial charge in [0.2, 0.25) is 11.4 Å². The smallest absolute Gasteiger partial charge is 0.256 e. The number of rotatable bonds is 5. The summed E-state index contributed by atoms with van der Waals surface area (Å²) >= 11 is 0. The van der Waals surface area contributed by atoms with Crippen molar-refractivity contribution in [2.24, 2.45) is 5.73 Å². The zero-order valence-electron chi connectivity index (χ0n) is 16.9. The Kier molecular flexibility index (Phi) is 5.37. The number of amides is 1. The molecule has 0 saturated carbocycles. The van der Waals surface area contributed by atoms with E-state index in [9.17, 15) is 9.59 Å². The highest BCUT2D eigenvalue weighted by Crippen LogP contribution is 2.28. The lowest BCUT2D eigenvalue weighted by Gasteiger charge is -2.37. The van der Waals surface area contributed by atoms with Crippen LogP contribution in [-0.2, 0) is 6.54 Å². The van der Waals surface area contributed by atoms with Crippen LogP contribution in [0, 0.1) is 0 Å². The second kappa shape index (κ2) is 8.11. The number of carbonyl (C=O) groups excluding carboxylic acids is 1. The fourth-order valence-electron chi connectivity index (χ4n) is 3.94. The van der Waals surface area contributed by atoms with E-state index in [-0.39, 0.29) is 16.8 Å². The summed E-state index contributed by atoms with van der Waals surface area (Å²) in [5.74, 6) is -0.385. The van der Waals surface area contributed by atoms with Crippen LogP contribution in [0.4, 0.5) is 17.5 Å². The van der Waals surface area contributed by atoms with Gasteiger partial charge in [-0.15, -0.1) is 0 Å². The van der Waals surface area contributed by atoms with E-state index in [1.807, 2.05) is 42.3 Å². The molecule has 0 spiro atoms. The molecule has 1 saturated heterocycles. The summed E-state index contributed by atoms with van der Waals surface area (Å²) in [7, 11) is 0. The molecule has 0 unspecified atom stereocenters. The number of piperidine rings is 1. The van der Waals surface area contributed by atoms with Crippen LogP contribution in [0.1, 0.15) is 36.5 Å². The molecule has 0 aliphatic carbocycles. The monoisotopic (exact) mass is 407 g/mol. The highest BCUT2D eigenvalue weighted by Gasteiger charge is 2.25. The number of benzene rings is 1. The number of hydrogen-bond donors (Lipinski definition) is 2. The zero-order chi connectivity index (χ0) is 21.3. The zero-order valence-corrected chi connectivity index (χ0v) is 16.9. The molecule has 9 heteroatoms. The molecule has 1 aromatic carbocycles. The summed E-state index contributed by atoms with van der Waals surface area (Å²) < 4.78 is 1.63. The number of hydrogen-bond acceptors (Lipinski definition) is 7. The van der Waals surface area contributed by atoms with Crippen molar-refractivity contribution in [1.82, 2.24) is 19.5 Å². The Labute approximate surface area is 173 Å². The topological polar surface area (TPSA) is 123 Å². The van der Waals surface area contributed by atoms with Crippen LogP contribution in [0.15, 0.2) is 41.3 Å². The van der Waals surface area contributed by atoms with Crippen molar-refractivity contribution in [3.8, 4) is 0 Å². The SMILES string of the molecule is CCn1c(N)c(C(N)=O)c(=O)c2cnc(N(c3ccccc3)N3CCCCC3)nc21. The van der Waals surface area contributed by atoms with Gasteiger partial charge in [-0.25, -0.2) is 15.0 Å². The molecule has 156 valence electrons. The van der Waals surface area contributed by atoms with Gasteiger partial charge in [0.1, 0.15) is 11.4 Å². The number of primary amides is 1. The van der Waals surface area contributed by atoms with E-state index in [2.05, 4.69) is 9.99 Å². The molecule has 1 amide bonds. The molecule has 0 bridgehead atoms. The van der Waals surface area contributed by atoms with E-state index in [4.69, 9.17) is 16.5 Å². The van der Waals surface area contributed by atoms with Crippen LogP contribution in [0.5, 0.6) is 0 Å². The molecule has 9 nitrogen and oxygen atoms in total. The summed E-state index contributed by atoms with van der Waals surface area (Å²) in [5, 5.41) is 4.42. The second-order valence-electron chi connectivity index (χ2n) is 7.27. The third kappa shape index (κ3) is 3.37. The van der Waals surface area contributed by atoms with E-state index in [0.29, 0.717) is 18.1 Å². The number of pyridine rings is 1. The molecule has 4 rings (SSSR count). The van der Waals surface area contributed by atoms with Crippen LogP contribution in [-0.4, -0.2) is 38.5 Å². The molecule has 3 heterocycles. The minimum atomic E-state index is -0.857. The van der Waals surface area contributed by atoms with Crippen molar-refractivity contribution in [3.05, 3.63) is 52.3 Å². The average Bonchev–Trinajstić information content (AvgIpc) is 2.75. The number of aryl methyl sites for hydroxylation is 1. The van der Waals surface area contributed by atoms with Gasteiger partial charge in [0.05, 0.1) is 11.1 Å².